The first-order chi connectivity index (χ1) is 18.5. The molecule has 0 bridgehead atoms. The summed E-state index contributed by atoms with van der Waals surface area (Å²) in [6.45, 7) is 4.39. The lowest BCUT2D eigenvalue weighted by molar-refractivity contribution is 0.306. The number of hydrogen-bond acceptors (Lipinski definition) is 4. The van der Waals surface area contributed by atoms with Crippen molar-refractivity contribution in [1.29, 1.82) is 5.26 Å². The van der Waals surface area contributed by atoms with E-state index in [-0.39, 0.29) is 5.88 Å². The van der Waals surface area contributed by atoms with Crippen LogP contribution in [0.5, 0.6) is 5.75 Å². The van der Waals surface area contributed by atoms with E-state index in [0.717, 1.165) is 38.9 Å². The van der Waals surface area contributed by atoms with E-state index in [1.54, 1.807) is 6.21 Å². The predicted molar refractivity (Wildman–Crippen MR) is 153 cm³/mol. The number of benzene rings is 4. The van der Waals surface area contributed by atoms with E-state index < -0.39 is 0 Å². The number of halogens is 1. The zero-order valence-corrected chi connectivity index (χ0v) is 21.9. The predicted octanol–water partition coefficient (Wildman–Crippen LogP) is 9.09. The first kappa shape index (κ1) is 25.1. The third-order valence-electron chi connectivity index (χ3n) is 6.24. The Labute approximate surface area is 227 Å². The topological polar surface area (TPSA) is 58.5 Å². The normalized spacial score (nSPS) is 11.0. The van der Waals surface area contributed by atoms with Gasteiger partial charge in [0.15, 0.2) is 0 Å². The van der Waals surface area contributed by atoms with Crippen LogP contribution in [0.4, 0.5) is 5.88 Å². The zero-order valence-electron chi connectivity index (χ0n) is 21.1. The fourth-order valence-electron chi connectivity index (χ4n) is 4.14. The van der Waals surface area contributed by atoms with Gasteiger partial charge in [0, 0.05) is 33.5 Å². The number of hydrogen-bond donors (Lipinski definition) is 0. The molecule has 0 saturated carbocycles. The summed E-state index contributed by atoms with van der Waals surface area (Å²) in [6, 6.07) is 33.6. The van der Waals surface area contributed by atoms with Gasteiger partial charge in [0.05, 0.1) is 0 Å². The number of aliphatic imine (C=N–C) groups is 1. The van der Waals surface area contributed by atoms with Crippen LogP contribution < -0.4 is 4.74 Å². The molecule has 5 aromatic rings. The third kappa shape index (κ3) is 5.39. The number of ether oxygens (including phenoxy) is 1. The van der Waals surface area contributed by atoms with Gasteiger partial charge in [0.2, 0.25) is 5.88 Å². The number of aryl methyl sites for hydroxylation is 2. The van der Waals surface area contributed by atoms with Gasteiger partial charge >= 0.3 is 0 Å². The van der Waals surface area contributed by atoms with Crippen molar-refractivity contribution in [3.8, 4) is 34.3 Å². The first-order valence-electron chi connectivity index (χ1n) is 12.2. The summed E-state index contributed by atoms with van der Waals surface area (Å²) < 4.78 is 12.3. The molecular formula is C33H25ClN2O2. The highest BCUT2D eigenvalue weighted by molar-refractivity contribution is 6.31. The smallest absolute Gasteiger partial charge is 0.238 e. The summed E-state index contributed by atoms with van der Waals surface area (Å²) in [7, 11) is 0. The van der Waals surface area contributed by atoms with Gasteiger partial charge in [0.1, 0.15) is 29.7 Å². The van der Waals surface area contributed by atoms with Gasteiger partial charge in [-0.3, -0.25) is 0 Å². The molecule has 5 rings (SSSR count). The van der Waals surface area contributed by atoms with Crippen molar-refractivity contribution in [3.63, 3.8) is 0 Å². The molecule has 0 saturated heterocycles. The van der Waals surface area contributed by atoms with E-state index in [2.05, 4.69) is 11.1 Å². The Kier molecular flexibility index (Phi) is 7.40. The second-order valence-corrected chi connectivity index (χ2v) is 9.41. The molecule has 1 aromatic heterocycles. The quantitative estimate of drug-likeness (QED) is 0.203. The number of nitriles is 1. The summed E-state index contributed by atoms with van der Waals surface area (Å²) in [5, 5.41) is 10.8. The van der Waals surface area contributed by atoms with Crippen molar-refractivity contribution < 1.29 is 9.15 Å². The number of rotatable bonds is 7. The average Bonchev–Trinajstić information content (AvgIpc) is 3.31. The Balaban J connectivity index is 1.54. The molecule has 0 radical (unpaired) electrons. The van der Waals surface area contributed by atoms with Gasteiger partial charge in [-0.2, -0.15) is 5.26 Å². The van der Waals surface area contributed by atoms with Gasteiger partial charge in [-0.1, -0.05) is 102 Å². The minimum Gasteiger partial charge on any atom is -0.488 e. The molecule has 0 N–H and O–H groups in total. The Hall–Kier alpha value is -4.59. The van der Waals surface area contributed by atoms with Crippen molar-refractivity contribution in [3.05, 3.63) is 130 Å². The van der Waals surface area contributed by atoms with Crippen molar-refractivity contribution in [2.75, 3.05) is 0 Å². The average molecular weight is 517 g/mol. The SMILES string of the molecule is Cc1ccc(-c2oc(N=Cc3ccccc3OCc3ccccc3Cl)c(C#N)c2-c2ccc(C)cc2)cc1. The number of furan rings is 1. The molecular weight excluding hydrogens is 492 g/mol. The third-order valence-corrected chi connectivity index (χ3v) is 6.61. The van der Waals surface area contributed by atoms with Crippen LogP contribution in [0.15, 0.2) is 106 Å². The van der Waals surface area contributed by atoms with Crippen molar-refractivity contribution >= 4 is 23.7 Å². The Morgan fingerprint density at radius 3 is 2.16 bits per heavy atom. The van der Waals surface area contributed by atoms with Crippen molar-refractivity contribution in [2.24, 2.45) is 4.99 Å². The molecule has 0 amide bonds. The van der Waals surface area contributed by atoms with Crippen LogP contribution in [0.25, 0.3) is 22.5 Å². The van der Waals surface area contributed by atoms with Crippen LogP contribution >= 0.6 is 11.6 Å². The molecule has 0 aliphatic rings. The molecule has 4 nitrogen and oxygen atoms in total. The highest BCUT2D eigenvalue weighted by atomic mass is 35.5. The minimum absolute atomic E-state index is 0.250. The van der Waals surface area contributed by atoms with Gasteiger partial charge < -0.3 is 9.15 Å². The van der Waals surface area contributed by atoms with Crippen molar-refractivity contribution in [2.45, 2.75) is 20.5 Å². The van der Waals surface area contributed by atoms with Crippen molar-refractivity contribution in [1.82, 2.24) is 0 Å². The number of para-hydroxylation sites is 1. The van der Waals surface area contributed by atoms with Gasteiger partial charge in [-0.05, 0) is 37.6 Å². The van der Waals surface area contributed by atoms with E-state index >= 15 is 0 Å². The highest BCUT2D eigenvalue weighted by Crippen LogP contribution is 2.42. The molecule has 0 fully saturated rings. The molecule has 4 aromatic carbocycles. The molecule has 0 aliphatic heterocycles. The van der Waals surface area contributed by atoms with Crippen LogP contribution in [0.3, 0.4) is 0 Å². The van der Waals surface area contributed by atoms with E-state index in [0.29, 0.717) is 28.7 Å². The minimum atomic E-state index is 0.250. The molecule has 38 heavy (non-hydrogen) atoms. The van der Waals surface area contributed by atoms with Gasteiger partial charge in [0.25, 0.3) is 0 Å². The Morgan fingerprint density at radius 1 is 0.842 bits per heavy atom. The maximum Gasteiger partial charge on any atom is 0.238 e. The molecule has 5 heteroatoms. The van der Waals surface area contributed by atoms with Crippen LogP contribution in [0.1, 0.15) is 27.8 Å². The fourth-order valence-corrected chi connectivity index (χ4v) is 4.33. The van der Waals surface area contributed by atoms with Gasteiger partial charge in [-0.15, -0.1) is 0 Å². The van der Waals surface area contributed by atoms with Gasteiger partial charge in [-0.25, -0.2) is 4.99 Å². The molecule has 1 heterocycles. The van der Waals surface area contributed by atoms with E-state index in [1.807, 2.05) is 111 Å². The van der Waals surface area contributed by atoms with Crippen LogP contribution in [-0.4, -0.2) is 6.21 Å². The summed E-state index contributed by atoms with van der Waals surface area (Å²) in [4.78, 5) is 4.63. The Bertz CT molecular complexity index is 1640. The maximum absolute atomic E-state index is 10.2. The van der Waals surface area contributed by atoms with Crippen LogP contribution in [-0.2, 0) is 6.61 Å². The summed E-state index contributed by atoms with van der Waals surface area (Å²) in [5.41, 5.74) is 6.83. The lowest BCUT2D eigenvalue weighted by atomic mass is 9.97. The number of nitrogens with zero attached hydrogens (tertiary/aromatic N) is 2. The largest absolute Gasteiger partial charge is 0.488 e. The molecule has 0 unspecified atom stereocenters. The molecule has 0 spiro atoms. The fraction of sp³-hybridized carbons (Fsp3) is 0.0909. The summed E-state index contributed by atoms with van der Waals surface area (Å²) in [6.07, 6.45) is 1.67. The molecule has 0 atom stereocenters. The second-order valence-electron chi connectivity index (χ2n) is 9.01. The van der Waals surface area contributed by atoms with Crippen LogP contribution in [0.2, 0.25) is 5.02 Å². The van der Waals surface area contributed by atoms with Crippen LogP contribution in [0, 0.1) is 25.2 Å². The summed E-state index contributed by atoms with van der Waals surface area (Å²) >= 11 is 6.29. The van der Waals surface area contributed by atoms with E-state index in [4.69, 9.17) is 20.8 Å². The second kappa shape index (κ2) is 11.2. The molecule has 186 valence electrons. The lowest BCUT2D eigenvalue weighted by Crippen LogP contribution is -1.98. The first-order valence-corrected chi connectivity index (χ1v) is 12.6. The summed E-state index contributed by atoms with van der Waals surface area (Å²) in [5.74, 6) is 1.51. The Morgan fingerprint density at radius 2 is 1.47 bits per heavy atom. The standard InChI is InChI=1S/C33H25ClN2O2/c1-22-11-15-24(16-12-22)31-28(19-35)33(38-32(31)25-17-13-23(2)14-18-25)36-20-26-7-4-6-10-30(26)37-21-27-8-3-5-9-29(27)34/h3-18,20H,21H2,1-2H3. The highest BCUT2D eigenvalue weighted by Gasteiger charge is 2.23. The molecule has 0 aliphatic carbocycles. The maximum atomic E-state index is 10.2. The lowest BCUT2D eigenvalue weighted by Gasteiger charge is -2.10. The zero-order chi connectivity index (χ0) is 26.5. The monoisotopic (exact) mass is 516 g/mol. The van der Waals surface area contributed by atoms with E-state index in [1.165, 1.54) is 0 Å². The van der Waals surface area contributed by atoms with E-state index in [9.17, 15) is 5.26 Å².